The highest BCUT2D eigenvalue weighted by Crippen LogP contribution is 2.20. The zero-order chi connectivity index (χ0) is 10.7. The largest absolute Gasteiger partial charge is 0.426 e. The molecule has 4 heteroatoms. The monoisotopic (exact) mass is 270 g/mol. The number of carbonyl (C=O) groups excluding carboxylic acids is 1. The van der Waals surface area contributed by atoms with Crippen LogP contribution in [0.4, 0.5) is 0 Å². The van der Waals surface area contributed by atoms with Crippen LogP contribution in [0, 0.1) is 5.92 Å². The van der Waals surface area contributed by atoms with Gasteiger partial charge in [0.25, 0.3) is 0 Å². The minimum atomic E-state index is -0.203. The lowest BCUT2D eigenvalue weighted by atomic mass is 10.1. The van der Waals surface area contributed by atoms with Gasteiger partial charge in [0.15, 0.2) is 0 Å². The molecule has 0 aliphatic carbocycles. The highest BCUT2D eigenvalue weighted by molar-refractivity contribution is 9.10. The van der Waals surface area contributed by atoms with Crippen molar-refractivity contribution >= 4 is 21.9 Å². The molecule has 1 heterocycles. The highest BCUT2D eigenvalue weighted by atomic mass is 79.9. The summed E-state index contributed by atoms with van der Waals surface area (Å²) in [7, 11) is 0. The van der Waals surface area contributed by atoms with E-state index in [0.29, 0.717) is 19.0 Å². The number of rotatable bonds is 2. The molecule has 1 aromatic carbocycles. The number of ether oxygens (including phenoxy) is 2. The SMILES string of the molecule is O=C(Oc1cccc(Br)c1)C1CCOC1. The summed E-state index contributed by atoms with van der Waals surface area (Å²) in [6.07, 6.45) is 0.757. The second kappa shape index (κ2) is 4.77. The third kappa shape index (κ3) is 2.79. The Morgan fingerprint density at radius 1 is 1.53 bits per heavy atom. The average molecular weight is 271 g/mol. The Morgan fingerprint density at radius 2 is 2.40 bits per heavy atom. The lowest BCUT2D eigenvalue weighted by molar-refractivity contribution is -0.138. The highest BCUT2D eigenvalue weighted by Gasteiger charge is 2.25. The maximum absolute atomic E-state index is 11.6. The first-order valence-electron chi connectivity index (χ1n) is 4.81. The van der Waals surface area contributed by atoms with Crippen molar-refractivity contribution in [3.05, 3.63) is 28.7 Å². The van der Waals surface area contributed by atoms with E-state index < -0.39 is 0 Å². The molecular formula is C11H11BrO3. The molecule has 1 aliphatic rings. The van der Waals surface area contributed by atoms with Gasteiger partial charge in [-0.3, -0.25) is 4.79 Å². The van der Waals surface area contributed by atoms with Crippen LogP contribution < -0.4 is 4.74 Å². The summed E-state index contributed by atoms with van der Waals surface area (Å²) in [5.41, 5.74) is 0. The van der Waals surface area contributed by atoms with E-state index in [9.17, 15) is 4.79 Å². The summed E-state index contributed by atoms with van der Waals surface area (Å²) >= 11 is 3.32. The number of benzene rings is 1. The zero-order valence-electron chi connectivity index (χ0n) is 8.11. The summed E-state index contributed by atoms with van der Waals surface area (Å²) in [5, 5.41) is 0. The molecule has 3 nitrogen and oxygen atoms in total. The second-order valence-electron chi connectivity index (χ2n) is 3.44. The number of hydrogen-bond donors (Lipinski definition) is 0. The normalized spacial score (nSPS) is 20.2. The van der Waals surface area contributed by atoms with Crippen LogP contribution in [0.2, 0.25) is 0 Å². The van der Waals surface area contributed by atoms with E-state index in [4.69, 9.17) is 9.47 Å². The maximum atomic E-state index is 11.6. The number of halogens is 1. The number of hydrogen-bond acceptors (Lipinski definition) is 3. The molecule has 0 saturated carbocycles. The fraction of sp³-hybridized carbons (Fsp3) is 0.364. The van der Waals surface area contributed by atoms with Crippen molar-refractivity contribution in [3.63, 3.8) is 0 Å². The Hall–Kier alpha value is -0.870. The topological polar surface area (TPSA) is 35.5 Å². The first kappa shape index (κ1) is 10.6. The van der Waals surface area contributed by atoms with Crippen molar-refractivity contribution in [2.75, 3.05) is 13.2 Å². The van der Waals surface area contributed by atoms with E-state index in [1.807, 2.05) is 12.1 Å². The predicted octanol–water partition coefficient (Wildman–Crippen LogP) is 2.39. The molecule has 1 unspecified atom stereocenters. The Kier molecular flexibility index (Phi) is 3.38. The van der Waals surface area contributed by atoms with E-state index in [-0.39, 0.29) is 11.9 Å². The molecule has 1 saturated heterocycles. The van der Waals surface area contributed by atoms with E-state index >= 15 is 0 Å². The van der Waals surface area contributed by atoms with Crippen LogP contribution in [0.5, 0.6) is 5.75 Å². The fourth-order valence-electron chi connectivity index (χ4n) is 1.45. The van der Waals surface area contributed by atoms with Crippen molar-refractivity contribution in [3.8, 4) is 5.75 Å². The fourth-order valence-corrected chi connectivity index (χ4v) is 1.83. The summed E-state index contributed by atoms with van der Waals surface area (Å²) in [6.45, 7) is 1.13. The molecule has 2 rings (SSSR count). The Balaban J connectivity index is 1.99. The molecule has 1 fully saturated rings. The molecular weight excluding hydrogens is 260 g/mol. The van der Waals surface area contributed by atoms with Crippen LogP contribution in [-0.2, 0) is 9.53 Å². The molecule has 0 radical (unpaired) electrons. The van der Waals surface area contributed by atoms with Crippen LogP contribution in [-0.4, -0.2) is 19.2 Å². The zero-order valence-corrected chi connectivity index (χ0v) is 9.70. The third-order valence-electron chi connectivity index (χ3n) is 2.28. The molecule has 0 bridgehead atoms. The molecule has 0 aromatic heterocycles. The van der Waals surface area contributed by atoms with Gasteiger partial charge in [0, 0.05) is 11.1 Å². The van der Waals surface area contributed by atoms with Crippen molar-refractivity contribution in [2.45, 2.75) is 6.42 Å². The van der Waals surface area contributed by atoms with Crippen molar-refractivity contribution < 1.29 is 14.3 Å². The van der Waals surface area contributed by atoms with E-state index in [0.717, 1.165) is 10.9 Å². The first-order chi connectivity index (χ1) is 7.25. The molecule has 0 amide bonds. The van der Waals surface area contributed by atoms with Gasteiger partial charge in [0.2, 0.25) is 0 Å². The van der Waals surface area contributed by atoms with Crippen LogP contribution in [0.25, 0.3) is 0 Å². The standard InChI is InChI=1S/C11H11BrO3/c12-9-2-1-3-10(6-9)15-11(13)8-4-5-14-7-8/h1-3,6,8H,4-5,7H2. The number of esters is 1. The maximum Gasteiger partial charge on any atom is 0.316 e. The van der Waals surface area contributed by atoms with Gasteiger partial charge in [-0.25, -0.2) is 0 Å². The van der Waals surface area contributed by atoms with Gasteiger partial charge in [-0.1, -0.05) is 22.0 Å². The summed E-state index contributed by atoms with van der Waals surface area (Å²) in [4.78, 5) is 11.6. The van der Waals surface area contributed by atoms with Crippen molar-refractivity contribution in [2.24, 2.45) is 5.92 Å². The summed E-state index contributed by atoms with van der Waals surface area (Å²) in [5.74, 6) is 0.260. The molecule has 1 atom stereocenters. The molecule has 1 aliphatic heterocycles. The quantitative estimate of drug-likeness (QED) is 0.612. The average Bonchev–Trinajstić information content (AvgIpc) is 2.70. The Labute approximate surface area is 96.5 Å². The van der Waals surface area contributed by atoms with E-state index in [1.54, 1.807) is 12.1 Å². The minimum Gasteiger partial charge on any atom is -0.426 e. The van der Waals surface area contributed by atoms with Gasteiger partial charge in [-0.15, -0.1) is 0 Å². The van der Waals surface area contributed by atoms with Crippen molar-refractivity contribution in [1.82, 2.24) is 0 Å². The van der Waals surface area contributed by atoms with Gasteiger partial charge >= 0.3 is 5.97 Å². The van der Waals surface area contributed by atoms with E-state index in [1.165, 1.54) is 0 Å². The molecule has 1 aromatic rings. The van der Waals surface area contributed by atoms with Gasteiger partial charge in [-0.2, -0.15) is 0 Å². The van der Waals surface area contributed by atoms with Crippen molar-refractivity contribution in [1.29, 1.82) is 0 Å². The lowest BCUT2D eigenvalue weighted by Crippen LogP contribution is -2.20. The molecule has 80 valence electrons. The molecule has 0 N–H and O–H groups in total. The summed E-state index contributed by atoms with van der Waals surface area (Å²) in [6, 6.07) is 7.25. The second-order valence-corrected chi connectivity index (χ2v) is 4.35. The smallest absolute Gasteiger partial charge is 0.316 e. The third-order valence-corrected chi connectivity index (χ3v) is 2.77. The van der Waals surface area contributed by atoms with Gasteiger partial charge in [-0.05, 0) is 24.6 Å². The molecule has 0 spiro atoms. The molecule has 15 heavy (non-hydrogen) atoms. The van der Waals surface area contributed by atoms with Crippen LogP contribution in [0.1, 0.15) is 6.42 Å². The number of carbonyl (C=O) groups is 1. The Morgan fingerprint density at radius 3 is 3.07 bits per heavy atom. The first-order valence-corrected chi connectivity index (χ1v) is 5.60. The van der Waals surface area contributed by atoms with Gasteiger partial charge in [0.05, 0.1) is 12.5 Å². The van der Waals surface area contributed by atoms with E-state index in [2.05, 4.69) is 15.9 Å². The Bertz CT molecular complexity index is 359. The minimum absolute atomic E-state index is 0.107. The van der Waals surface area contributed by atoms with Gasteiger partial charge in [0.1, 0.15) is 5.75 Å². The van der Waals surface area contributed by atoms with Crippen LogP contribution in [0.3, 0.4) is 0 Å². The van der Waals surface area contributed by atoms with Crippen LogP contribution in [0.15, 0.2) is 28.7 Å². The van der Waals surface area contributed by atoms with Crippen LogP contribution >= 0.6 is 15.9 Å². The van der Waals surface area contributed by atoms with Gasteiger partial charge < -0.3 is 9.47 Å². The summed E-state index contributed by atoms with van der Waals surface area (Å²) < 4.78 is 11.3. The predicted molar refractivity (Wildman–Crippen MR) is 58.7 cm³/mol. The lowest BCUT2D eigenvalue weighted by Gasteiger charge is -2.08.